The maximum absolute atomic E-state index is 12.6. The molecule has 0 bridgehead atoms. The van der Waals surface area contributed by atoms with Crippen LogP contribution in [-0.4, -0.2) is 36.7 Å². The van der Waals surface area contributed by atoms with Gasteiger partial charge in [0.05, 0.1) is 11.7 Å². The first-order valence-corrected chi connectivity index (χ1v) is 8.72. The van der Waals surface area contributed by atoms with E-state index in [4.69, 9.17) is 15.2 Å². The Morgan fingerprint density at radius 3 is 2.37 bits per heavy atom. The van der Waals surface area contributed by atoms with E-state index >= 15 is 0 Å². The zero-order valence-corrected chi connectivity index (χ0v) is 17.6. The van der Waals surface area contributed by atoms with Crippen molar-refractivity contribution in [2.45, 2.75) is 31.2 Å². The number of carbonyl (C=O) groups is 1. The first-order chi connectivity index (χ1) is 13.3. The molecule has 1 aromatic carbocycles. The summed E-state index contributed by atoms with van der Waals surface area (Å²) in [5.41, 5.74) is 5.36. The topological polar surface area (TPSA) is 77.7 Å². The van der Waals surface area contributed by atoms with Gasteiger partial charge in [0, 0.05) is 31.5 Å². The summed E-state index contributed by atoms with van der Waals surface area (Å²) in [5, 5.41) is 0. The lowest BCUT2D eigenvalue weighted by atomic mass is 10.1. The number of pyridine rings is 1. The second-order valence-corrected chi connectivity index (χ2v) is 6.44. The Bertz CT molecular complexity index is 821. The molecule has 0 saturated carbocycles. The molecule has 0 radical (unpaired) electrons. The van der Waals surface area contributed by atoms with Crippen LogP contribution < -0.4 is 15.4 Å². The quantitative estimate of drug-likeness (QED) is 0.712. The van der Waals surface area contributed by atoms with E-state index in [1.807, 2.05) is 0 Å². The van der Waals surface area contributed by atoms with Gasteiger partial charge in [-0.1, -0.05) is 0 Å². The third-order valence-electron chi connectivity index (χ3n) is 4.49. The van der Waals surface area contributed by atoms with Gasteiger partial charge in [-0.25, -0.2) is 4.98 Å². The van der Waals surface area contributed by atoms with Crippen LogP contribution in [0.1, 0.15) is 18.4 Å². The molecule has 11 heteroatoms. The number of benzene rings is 1. The molecule has 1 saturated heterocycles. The molecule has 2 N–H and O–H groups in total. The molecule has 6 nitrogen and oxygen atoms in total. The number of nitrogens with zero attached hydrogens (tertiary/aromatic N) is 2. The molecule has 1 fully saturated rings. The van der Waals surface area contributed by atoms with E-state index in [1.165, 1.54) is 4.90 Å². The zero-order valence-electron chi connectivity index (χ0n) is 16.0. The molecule has 0 aliphatic carbocycles. The summed E-state index contributed by atoms with van der Waals surface area (Å²) in [7, 11) is 1.65. The number of hydrogen-bond donors (Lipinski definition) is 1. The van der Waals surface area contributed by atoms with Crippen LogP contribution in [0.15, 0.2) is 42.6 Å². The highest BCUT2D eigenvalue weighted by Gasteiger charge is 2.32. The molecule has 166 valence electrons. The van der Waals surface area contributed by atoms with Crippen LogP contribution in [0.3, 0.4) is 0 Å². The zero-order chi connectivity index (χ0) is 20.3. The molecule has 0 unspecified atom stereocenters. The predicted octanol–water partition coefficient (Wildman–Crippen LogP) is 4.21. The lowest BCUT2D eigenvalue weighted by Crippen LogP contribution is -2.37. The van der Waals surface area contributed by atoms with Crippen molar-refractivity contribution in [2.24, 2.45) is 5.73 Å². The van der Waals surface area contributed by atoms with Gasteiger partial charge in [-0.05, 0) is 43.2 Å². The summed E-state index contributed by atoms with van der Waals surface area (Å²) < 4.78 is 48.7. The smallest absolute Gasteiger partial charge is 0.417 e. The van der Waals surface area contributed by atoms with E-state index in [-0.39, 0.29) is 42.7 Å². The van der Waals surface area contributed by atoms with E-state index in [9.17, 15) is 18.0 Å². The number of carbonyl (C=O) groups excluding carboxylic acids is 1. The van der Waals surface area contributed by atoms with Crippen LogP contribution >= 0.6 is 24.8 Å². The molecule has 1 aliphatic rings. The molecule has 1 aromatic heterocycles. The Morgan fingerprint density at radius 1 is 1.20 bits per heavy atom. The van der Waals surface area contributed by atoms with Crippen molar-refractivity contribution in [2.75, 3.05) is 18.5 Å². The van der Waals surface area contributed by atoms with Gasteiger partial charge in [-0.15, -0.1) is 24.8 Å². The fraction of sp³-hybridized carbons (Fsp3) is 0.368. The predicted molar refractivity (Wildman–Crippen MR) is 111 cm³/mol. The van der Waals surface area contributed by atoms with Crippen molar-refractivity contribution >= 4 is 36.4 Å². The van der Waals surface area contributed by atoms with Crippen molar-refractivity contribution in [1.29, 1.82) is 0 Å². The third-order valence-corrected chi connectivity index (χ3v) is 4.49. The Kier molecular flexibility index (Phi) is 9.35. The van der Waals surface area contributed by atoms with Gasteiger partial charge in [-0.2, -0.15) is 13.2 Å². The summed E-state index contributed by atoms with van der Waals surface area (Å²) in [5.74, 6) is 0.267. The highest BCUT2D eigenvalue weighted by atomic mass is 35.5. The first-order valence-electron chi connectivity index (χ1n) is 8.72. The summed E-state index contributed by atoms with van der Waals surface area (Å²) in [4.78, 5) is 17.7. The molecule has 1 amide bonds. The van der Waals surface area contributed by atoms with Crippen LogP contribution in [0.4, 0.5) is 18.9 Å². The van der Waals surface area contributed by atoms with Crippen molar-refractivity contribution < 1.29 is 27.4 Å². The normalized spacial score (nSPS) is 18.2. The van der Waals surface area contributed by atoms with Crippen LogP contribution in [-0.2, 0) is 15.7 Å². The summed E-state index contributed by atoms with van der Waals surface area (Å²) in [6.07, 6.45) is -2.94. The number of amides is 1. The molecular weight excluding hydrogens is 446 g/mol. The standard InChI is InChI=1S/C19H20F3N3O3.2ClH/c1-25(18(26)16-8-7-15(10-23)27-16)13-3-5-14(6-4-13)28-17-9-2-12(11-24-17)19(20,21)22;;/h2-6,9,11,15-16H,7-8,10,23H2,1H3;2*1H/t15-,16+;;/m1../s1. The molecular formula is C19H22Cl2F3N3O3. The maximum Gasteiger partial charge on any atom is 0.417 e. The Labute approximate surface area is 184 Å². The monoisotopic (exact) mass is 467 g/mol. The highest BCUT2D eigenvalue weighted by Crippen LogP contribution is 2.30. The summed E-state index contributed by atoms with van der Waals surface area (Å²) >= 11 is 0. The molecule has 2 atom stereocenters. The van der Waals surface area contributed by atoms with Crippen molar-refractivity contribution in [1.82, 2.24) is 4.98 Å². The van der Waals surface area contributed by atoms with Gasteiger partial charge < -0.3 is 20.1 Å². The lowest BCUT2D eigenvalue weighted by Gasteiger charge is -2.21. The fourth-order valence-electron chi connectivity index (χ4n) is 2.87. The maximum atomic E-state index is 12.6. The fourth-order valence-corrected chi connectivity index (χ4v) is 2.87. The van der Waals surface area contributed by atoms with Crippen LogP contribution in [0.5, 0.6) is 11.6 Å². The van der Waals surface area contributed by atoms with E-state index in [0.717, 1.165) is 18.6 Å². The largest absolute Gasteiger partial charge is 0.439 e. The summed E-state index contributed by atoms with van der Waals surface area (Å²) in [6, 6.07) is 8.61. The van der Waals surface area contributed by atoms with Gasteiger partial charge in [0.15, 0.2) is 0 Å². The van der Waals surface area contributed by atoms with Gasteiger partial charge in [0.2, 0.25) is 5.88 Å². The molecule has 2 aromatic rings. The summed E-state index contributed by atoms with van der Waals surface area (Å²) in [6.45, 7) is 0.386. The second-order valence-electron chi connectivity index (χ2n) is 6.44. The number of hydrogen-bond acceptors (Lipinski definition) is 5. The average molecular weight is 468 g/mol. The van der Waals surface area contributed by atoms with Crippen molar-refractivity contribution in [3.8, 4) is 11.6 Å². The minimum atomic E-state index is -4.45. The number of aromatic nitrogens is 1. The number of alkyl halides is 3. The Balaban J connectivity index is 0.00000225. The van der Waals surface area contributed by atoms with Crippen molar-refractivity contribution in [3.05, 3.63) is 48.2 Å². The number of anilines is 1. The third kappa shape index (κ3) is 6.21. The molecule has 1 aliphatic heterocycles. The van der Waals surface area contributed by atoms with E-state index in [2.05, 4.69) is 4.98 Å². The van der Waals surface area contributed by atoms with E-state index in [0.29, 0.717) is 30.6 Å². The first kappa shape index (κ1) is 26.0. The molecule has 3 rings (SSSR count). The van der Waals surface area contributed by atoms with Crippen LogP contribution in [0.25, 0.3) is 0 Å². The number of ether oxygens (including phenoxy) is 2. The molecule has 2 heterocycles. The van der Waals surface area contributed by atoms with E-state index < -0.39 is 17.8 Å². The Morgan fingerprint density at radius 2 is 1.87 bits per heavy atom. The van der Waals surface area contributed by atoms with E-state index in [1.54, 1.807) is 31.3 Å². The van der Waals surface area contributed by atoms with Gasteiger partial charge in [-0.3, -0.25) is 4.79 Å². The van der Waals surface area contributed by atoms with Gasteiger partial charge in [0.25, 0.3) is 5.91 Å². The molecule has 30 heavy (non-hydrogen) atoms. The van der Waals surface area contributed by atoms with Crippen LogP contribution in [0.2, 0.25) is 0 Å². The van der Waals surface area contributed by atoms with Crippen molar-refractivity contribution in [3.63, 3.8) is 0 Å². The van der Waals surface area contributed by atoms with Gasteiger partial charge >= 0.3 is 6.18 Å². The lowest BCUT2D eigenvalue weighted by molar-refractivity contribution is -0.137. The minimum absolute atomic E-state index is 0. The number of halogens is 5. The van der Waals surface area contributed by atoms with Crippen LogP contribution in [0, 0.1) is 0 Å². The number of likely N-dealkylation sites (N-methyl/N-ethyl adjacent to an activating group) is 1. The van der Waals surface area contributed by atoms with Gasteiger partial charge in [0.1, 0.15) is 11.9 Å². The average Bonchev–Trinajstić information content (AvgIpc) is 3.16. The SMILES string of the molecule is CN(C(=O)[C@@H]1CC[C@H](CN)O1)c1ccc(Oc2ccc(C(F)(F)F)cn2)cc1.Cl.Cl. The number of rotatable bonds is 5. The second kappa shape index (κ2) is 10.8. The number of nitrogens with two attached hydrogens (primary N) is 1. The molecule has 0 spiro atoms. The minimum Gasteiger partial charge on any atom is -0.439 e. The highest BCUT2D eigenvalue weighted by molar-refractivity contribution is 5.96. The Hall–Kier alpha value is -2.07.